The molecule has 5 heteroatoms. The van der Waals surface area contributed by atoms with Gasteiger partial charge in [0.1, 0.15) is 5.01 Å². The molecule has 2 unspecified atom stereocenters. The number of methoxy groups -OCH3 is 1. The molecular formula is C12H21N3OS. The number of aromatic nitrogens is 1. The van der Waals surface area contributed by atoms with Crippen molar-refractivity contribution < 1.29 is 4.74 Å². The van der Waals surface area contributed by atoms with Gasteiger partial charge in [-0.15, -0.1) is 11.3 Å². The Hall–Kier alpha value is -0.490. The van der Waals surface area contributed by atoms with Crippen LogP contribution >= 0.6 is 11.3 Å². The summed E-state index contributed by atoms with van der Waals surface area (Å²) >= 11 is 1.74. The first-order valence-corrected chi connectivity index (χ1v) is 6.98. The lowest BCUT2D eigenvalue weighted by Gasteiger charge is -2.37. The zero-order valence-electron chi connectivity index (χ0n) is 10.6. The van der Waals surface area contributed by atoms with E-state index < -0.39 is 0 Å². The summed E-state index contributed by atoms with van der Waals surface area (Å²) in [6.07, 6.45) is 2.51. The lowest BCUT2D eigenvalue weighted by Crippen LogP contribution is -2.47. The minimum atomic E-state index is 0.373. The highest BCUT2D eigenvalue weighted by Gasteiger charge is 2.27. The Labute approximate surface area is 107 Å². The van der Waals surface area contributed by atoms with Crippen LogP contribution in [0.5, 0.6) is 0 Å². The van der Waals surface area contributed by atoms with Gasteiger partial charge in [0.05, 0.1) is 12.6 Å². The number of piperidine rings is 1. The number of hydrogen-bond donors (Lipinski definition) is 1. The summed E-state index contributed by atoms with van der Waals surface area (Å²) in [5, 5.41) is 3.30. The Kier molecular flexibility index (Phi) is 4.50. The summed E-state index contributed by atoms with van der Waals surface area (Å²) in [6, 6.07) is 0.429. The molecular weight excluding hydrogens is 234 g/mol. The third kappa shape index (κ3) is 3.25. The number of hydrogen-bond acceptors (Lipinski definition) is 5. The molecule has 17 heavy (non-hydrogen) atoms. The zero-order valence-corrected chi connectivity index (χ0v) is 11.4. The van der Waals surface area contributed by atoms with Crippen LogP contribution in [0.4, 0.5) is 0 Å². The summed E-state index contributed by atoms with van der Waals surface area (Å²) in [5.41, 5.74) is 6.97. The molecule has 1 saturated heterocycles. The molecule has 2 atom stereocenters. The second-order valence-corrected chi connectivity index (χ2v) is 5.57. The fraction of sp³-hybridized carbons (Fsp3) is 0.750. The summed E-state index contributed by atoms with van der Waals surface area (Å²) in [5.74, 6) is 0. The quantitative estimate of drug-likeness (QED) is 0.883. The SMILES string of the molecule is COC1CCN(Cc2nc(C)cs2)C(CN)C1. The van der Waals surface area contributed by atoms with Crippen LogP contribution < -0.4 is 5.73 Å². The minimum absolute atomic E-state index is 0.373. The van der Waals surface area contributed by atoms with E-state index in [0.29, 0.717) is 18.7 Å². The maximum atomic E-state index is 5.86. The van der Waals surface area contributed by atoms with Gasteiger partial charge in [0.15, 0.2) is 0 Å². The van der Waals surface area contributed by atoms with Crippen LogP contribution in [0.15, 0.2) is 5.38 Å². The number of thiazole rings is 1. The largest absolute Gasteiger partial charge is 0.381 e. The van der Waals surface area contributed by atoms with E-state index >= 15 is 0 Å². The molecule has 1 aliphatic heterocycles. The van der Waals surface area contributed by atoms with Crippen molar-refractivity contribution in [2.45, 2.75) is 38.5 Å². The van der Waals surface area contributed by atoms with E-state index in [1.807, 2.05) is 6.92 Å². The van der Waals surface area contributed by atoms with Crippen LogP contribution in [0, 0.1) is 6.92 Å². The number of aryl methyl sites for hydroxylation is 1. The lowest BCUT2D eigenvalue weighted by molar-refractivity contribution is 0.0102. The van der Waals surface area contributed by atoms with Gasteiger partial charge in [-0.2, -0.15) is 0 Å². The highest BCUT2D eigenvalue weighted by atomic mass is 32.1. The molecule has 0 bridgehead atoms. The molecule has 1 aromatic heterocycles. The van der Waals surface area contributed by atoms with Gasteiger partial charge in [-0.3, -0.25) is 4.90 Å². The summed E-state index contributed by atoms with van der Waals surface area (Å²) in [6.45, 7) is 4.72. The smallest absolute Gasteiger partial charge is 0.107 e. The zero-order chi connectivity index (χ0) is 12.3. The first kappa shape index (κ1) is 13.0. The highest BCUT2D eigenvalue weighted by molar-refractivity contribution is 7.09. The molecule has 0 aromatic carbocycles. The Morgan fingerprint density at radius 2 is 2.47 bits per heavy atom. The van der Waals surface area contributed by atoms with E-state index in [1.54, 1.807) is 18.4 Å². The summed E-state index contributed by atoms with van der Waals surface area (Å²) in [7, 11) is 1.79. The van der Waals surface area contributed by atoms with Crippen LogP contribution in [-0.4, -0.2) is 42.2 Å². The number of likely N-dealkylation sites (tertiary alicyclic amines) is 1. The molecule has 0 spiro atoms. The van der Waals surface area contributed by atoms with Crippen molar-refractivity contribution >= 4 is 11.3 Å². The van der Waals surface area contributed by atoms with Crippen molar-refractivity contribution in [3.05, 3.63) is 16.1 Å². The predicted octanol–water partition coefficient (Wildman–Crippen LogP) is 1.39. The maximum Gasteiger partial charge on any atom is 0.107 e. The number of ether oxygens (including phenoxy) is 1. The fourth-order valence-corrected chi connectivity index (χ4v) is 3.18. The molecule has 2 rings (SSSR count). The monoisotopic (exact) mass is 255 g/mol. The summed E-state index contributed by atoms with van der Waals surface area (Å²) in [4.78, 5) is 6.96. The lowest BCUT2D eigenvalue weighted by atomic mass is 9.99. The highest BCUT2D eigenvalue weighted by Crippen LogP contribution is 2.22. The van der Waals surface area contributed by atoms with Crippen LogP contribution in [0.3, 0.4) is 0 Å². The van der Waals surface area contributed by atoms with Crippen LogP contribution in [-0.2, 0) is 11.3 Å². The van der Waals surface area contributed by atoms with Gasteiger partial charge >= 0.3 is 0 Å². The maximum absolute atomic E-state index is 5.86. The Morgan fingerprint density at radius 1 is 1.65 bits per heavy atom. The van der Waals surface area contributed by atoms with Crippen LogP contribution in [0.25, 0.3) is 0 Å². The van der Waals surface area contributed by atoms with Crippen LogP contribution in [0.2, 0.25) is 0 Å². The van der Waals surface area contributed by atoms with Crippen molar-refractivity contribution in [2.24, 2.45) is 5.73 Å². The van der Waals surface area contributed by atoms with Crippen molar-refractivity contribution in [1.29, 1.82) is 0 Å². The Bertz CT molecular complexity index is 355. The van der Waals surface area contributed by atoms with Gasteiger partial charge in [-0.05, 0) is 19.8 Å². The van der Waals surface area contributed by atoms with E-state index in [4.69, 9.17) is 10.5 Å². The molecule has 4 nitrogen and oxygen atoms in total. The van der Waals surface area contributed by atoms with Crippen molar-refractivity contribution in [1.82, 2.24) is 9.88 Å². The van der Waals surface area contributed by atoms with Gasteiger partial charge < -0.3 is 10.5 Å². The van der Waals surface area contributed by atoms with E-state index in [1.165, 1.54) is 5.01 Å². The van der Waals surface area contributed by atoms with Crippen molar-refractivity contribution in [3.8, 4) is 0 Å². The van der Waals surface area contributed by atoms with E-state index in [9.17, 15) is 0 Å². The average molecular weight is 255 g/mol. The second-order valence-electron chi connectivity index (χ2n) is 4.62. The van der Waals surface area contributed by atoms with Gasteiger partial charge in [0.25, 0.3) is 0 Å². The second kappa shape index (κ2) is 5.91. The van der Waals surface area contributed by atoms with E-state index in [-0.39, 0.29) is 0 Å². The van der Waals surface area contributed by atoms with Gasteiger partial charge in [-0.1, -0.05) is 0 Å². The number of rotatable bonds is 4. The van der Waals surface area contributed by atoms with Crippen LogP contribution in [0.1, 0.15) is 23.5 Å². The van der Waals surface area contributed by atoms with Gasteiger partial charge in [-0.25, -0.2) is 4.98 Å². The summed E-state index contributed by atoms with van der Waals surface area (Å²) < 4.78 is 5.43. The van der Waals surface area contributed by atoms with Crippen molar-refractivity contribution in [3.63, 3.8) is 0 Å². The normalized spacial score (nSPS) is 26.3. The molecule has 1 fully saturated rings. The Morgan fingerprint density at radius 3 is 3.06 bits per heavy atom. The molecule has 1 aliphatic rings. The topological polar surface area (TPSA) is 51.4 Å². The van der Waals surface area contributed by atoms with Gasteiger partial charge in [0.2, 0.25) is 0 Å². The van der Waals surface area contributed by atoms with Crippen molar-refractivity contribution in [2.75, 3.05) is 20.2 Å². The Balaban J connectivity index is 1.95. The molecule has 0 radical (unpaired) electrons. The third-order valence-corrected chi connectivity index (χ3v) is 4.35. The first-order valence-electron chi connectivity index (χ1n) is 6.11. The molecule has 0 saturated carbocycles. The van der Waals surface area contributed by atoms with Gasteiger partial charge in [0, 0.05) is 37.3 Å². The van der Waals surface area contributed by atoms with E-state index in [2.05, 4.69) is 15.3 Å². The molecule has 96 valence electrons. The molecule has 1 aromatic rings. The third-order valence-electron chi connectivity index (χ3n) is 3.40. The van der Waals surface area contributed by atoms with E-state index in [0.717, 1.165) is 31.6 Å². The molecule has 0 amide bonds. The standard InChI is InChI=1S/C12H21N3OS/c1-9-8-17-12(14-9)7-15-4-3-11(16-2)5-10(15)6-13/h8,10-11H,3-7,13H2,1-2H3. The number of nitrogens with zero attached hydrogens (tertiary/aromatic N) is 2. The molecule has 2 N–H and O–H groups in total. The first-order chi connectivity index (χ1) is 8.22. The molecule has 0 aliphatic carbocycles. The minimum Gasteiger partial charge on any atom is -0.381 e. The molecule has 2 heterocycles. The predicted molar refractivity (Wildman–Crippen MR) is 70.1 cm³/mol. The average Bonchev–Trinajstić information content (AvgIpc) is 2.75. The number of nitrogens with two attached hydrogens (primary N) is 1. The fourth-order valence-electron chi connectivity index (χ4n) is 2.38.